The highest BCUT2D eigenvalue weighted by molar-refractivity contribution is 6.27. The van der Waals surface area contributed by atoms with Gasteiger partial charge in [-0.15, -0.1) is 11.6 Å². The molecule has 0 unspecified atom stereocenters. The largest absolute Gasteiger partial charge is 0.298 e. The van der Waals surface area contributed by atoms with E-state index in [1.54, 1.807) is 19.1 Å². The predicted molar refractivity (Wildman–Crippen MR) is 55.6 cm³/mol. The highest BCUT2D eigenvalue weighted by Crippen LogP contribution is 2.24. The zero-order valence-electron chi connectivity index (χ0n) is 8.27. The Labute approximate surface area is 92.1 Å². The van der Waals surface area contributed by atoms with Gasteiger partial charge >= 0.3 is 0 Å². The molecule has 1 nitrogen and oxygen atoms in total. The van der Waals surface area contributed by atoms with E-state index in [2.05, 4.69) is 0 Å². The number of carbonyl (C=O) groups is 1. The van der Waals surface area contributed by atoms with Gasteiger partial charge in [0.1, 0.15) is 0 Å². The lowest BCUT2D eigenvalue weighted by Crippen LogP contribution is -2.06. The summed E-state index contributed by atoms with van der Waals surface area (Å²) < 4.78 is 25.2. The molecular formula is C11H11ClF2O. The highest BCUT2D eigenvalue weighted by Gasteiger charge is 2.14. The zero-order chi connectivity index (χ0) is 11.4. The first kappa shape index (κ1) is 12.1. The van der Waals surface area contributed by atoms with Crippen molar-refractivity contribution in [2.24, 2.45) is 0 Å². The molecule has 0 fully saturated rings. The molecule has 4 heteroatoms. The Kier molecular flexibility index (Phi) is 4.21. The van der Waals surface area contributed by atoms with Gasteiger partial charge in [-0.3, -0.25) is 4.79 Å². The Morgan fingerprint density at radius 2 is 2.13 bits per heavy atom. The molecule has 0 atom stereocenters. The summed E-state index contributed by atoms with van der Waals surface area (Å²) in [5.74, 6) is -0.390. The second kappa shape index (κ2) is 5.21. The van der Waals surface area contributed by atoms with Crippen molar-refractivity contribution in [2.75, 3.05) is 5.88 Å². The van der Waals surface area contributed by atoms with Crippen molar-refractivity contribution in [2.45, 2.75) is 19.8 Å². The molecule has 0 aliphatic rings. The minimum Gasteiger partial charge on any atom is -0.298 e. The SMILES string of the molecule is Cc1ccc(CC(=O)CCl)c(C(F)F)c1. The third kappa shape index (κ3) is 3.27. The Morgan fingerprint density at radius 1 is 1.47 bits per heavy atom. The normalized spacial score (nSPS) is 10.7. The first-order valence-electron chi connectivity index (χ1n) is 4.50. The van der Waals surface area contributed by atoms with Crippen LogP contribution in [0.4, 0.5) is 8.78 Å². The molecule has 0 saturated heterocycles. The van der Waals surface area contributed by atoms with Gasteiger partial charge in [-0.05, 0) is 12.5 Å². The number of alkyl halides is 3. The molecule has 0 bridgehead atoms. The summed E-state index contributed by atoms with van der Waals surface area (Å²) in [7, 11) is 0. The first-order valence-corrected chi connectivity index (χ1v) is 5.03. The van der Waals surface area contributed by atoms with E-state index in [0.717, 1.165) is 5.56 Å². The molecule has 0 saturated carbocycles. The van der Waals surface area contributed by atoms with Crippen molar-refractivity contribution in [3.8, 4) is 0 Å². The van der Waals surface area contributed by atoms with E-state index in [1.807, 2.05) is 0 Å². The molecule has 0 aliphatic carbocycles. The second-order valence-corrected chi connectivity index (χ2v) is 3.62. The Bertz CT molecular complexity index is 364. The smallest absolute Gasteiger partial charge is 0.264 e. The van der Waals surface area contributed by atoms with E-state index < -0.39 is 6.43 Å². The van der Waals surface area contributed by atoms with Crippen LogP contribution in [0, 0.1) is 6.92 Å². The van der Waals surface area contributed by atoms with E-state index in [-0.39, 0.29) is 23.6 Å². The van der Waals surface area contributed by atoms with E-state index in [1.165, 1.54) is 6.07 Å². The number of Topliss-reactive ketones (excluding diaryl/α,β-unsaturated/α-hetero) is 1. The van der Waals surface area contributed by atoms with Gasteiger partial charge in [-0.2, -0.15) is 0 Å². The lowest BCUT2D eigenvalue weighted by atomic mass is 10.0. The van der Waals surface area contributed by atoms with Crippen molar-refractivity contribution in [1.82, 2.24) is 0 Å². The van der Waals surface area contributed by atoms with Gasteiger partial charge < -0.3 is 0 Å². The van der Waals surface area contributed by atoms with Crippen LogP contribution in [0.1, 0.15) is 23.1 Å². The molecule has 0 N–H and O–H groups in total. The molecule has 0 aromatic heterocycles. The molecule has 1 aromatic carbocycles. The van der Waals surface area contributed by atoms with E-state index in [9.17, 15) is 13.6 Å². The van der Waals surface area contributed by atoms with Crippen LogP contribution >= 0.6 is 11.6 Å². The maximum atomic E-state index is 12.6. The summed E-state index contributed by atoms with van der Waals surface area (Å²) in [6, 6.07) is 4.67. The molecule has 0 spiro atoms. The second-order valence-electron chi connectivity index (χ2n) is 3.35. The van der Waals surface area contributed by atoms with Gasteiger partial charge in [0.25, 0.3) is 6.43 Å². The Balaban J connectivity index is 3.00. The van der Waals surface area contributed by atoms with Crippen molar-refractivity contribution in [1.29, 1.82) is 0 Å². The zero-order valence-corrected chi connectivity index (χ0v) is 9.02. The summed E-state index contributed by atoms with van der Waals surface area (Å²) in [4.78, 5) is 11.1. The first-order chi connectivity index (χ1) is 7.04. The number of aryl methyl sites for hydroxylation is 1. The van der Waals surface area contributed by atoms with Crippen LogP contribution in [0.5, 0.6) is 0 Å². The van der Waals surface area contributed by atoms with Gasteiger partial charge in [0.2, 0.25) is 0 Å². The monoisotopic (exact) mass is 232 g/mol. The van der Waals surface area contributed by atoms with Crippen molar-refractivity contribution < 1.29 is 13.6 Å². The van der Waals surface area contributed by atoms with Crippen LogP contribution < -0.4 is 0 Å². The Hall–Kier alpha value is -0.960. The lowest BCUT2D eigenvalue weighted by molar-refractivity contribution is -0.116. The fourth-order valence-corrected chi connectivity index (χ4v) is 1.43. The fraction of sp³-hybridized carbons (Fsp3) is 0.364. The molecule has 1 rings (SSSR count). The molecule has 0 aliphatic heterocycles. The van der Waals surface area contributed by atoms with Gasteiger partial charge in [0.15, 0.2) is 5.78 Å². The standard InChI is InChI=1S/C11H11ClF2O/c1-7-2-3-8(5-9(15)6-12)10(4-7)11(13)14/h2-4,11H,5-6H2,1H3. The third-order valence-corrected chi connectivity index (χ3v) is 2.37. The van der Waals surface area contributed by atoms with Crippen LogP contribution in [-0.2, 0) is 11.2 Å². The number of carbonyl (C=O) groups excluding carboxylic acids is 1. The minimum atomic E-state index is -2.55. The van der Waals surface area contributed by atoms with E-state index in [0.29, 0.717) is 5.56 Å². The maximum Gasteiger partial charge on any atom is 0.264 e. The average Bonchev–Trinajstić information content (AvgIpc) is 2.20. The van der Waals surface area contributed by atoms with Crippen LogP contribution in [0.25, 0.3) is 0 Å². The molecule has 0 amide bonds. The molecule has 82 valence electrons. The number of ketones is 1. The summed E-state index contributed by atoms with van der Waals surface area (Å²) in [6.07, 6.45) is -2.58. The molecular weight excluding hydrogens is 222 g/mol. The van der Waals surface area contributed by atoms with Crippen LogP contribution in [0.3, 0.4) is 0 Å². The van der Waals surface area contributed by atoms with Crippen molar-refractivity contribution in [3.05, 3.63) is 34.9 Å². The summed E-state index contributed by atoms with van der Waals surface area (Å²) in [5.41, 5.74) is 1.04. The average molecular weight is 233 g/mol. The van der Waals surface area contributed by atoms with Gasteiger partial charge in [0, 0.05) is 12.0 Å². The Morgan fingerprint density at radius 3 is 2.67 bits per heavy atom. The minimum absolute atomic E-state index is 0.0244. The van der Waals surface area contributed by atoms with Gasteiger partial charge in [0.05, 0.1) is 5.88 Å². The fourth-order valence-electron chi connectivity index (χ4n) is 1.34. The molecule has 1 aromatic rings. The number of halogens is 3. The summed E-state index contributed by atoms with van der Waals surface area (Å²) in [6.45, 7) is 1.74. The number of rotatable bonds is 4. The number of hydrogen-bond donors (Lipinski definition) is 0. The topological polar surface area (TPSA) is 17.1 Å². The maximum absolute atomic E-state index is 12.6. The molecule has 15 heavy (non-hydrogen) atoms. The van der Waals surface area contributed by atoms with Gasteiger partial charge in [-0.1, -0.05) is 23.8 Å². The molecule has 0 heterocycles. The van der Waals surface area contributed by atoms with E-state index in [4.69, 9.17) is 11.6 Å². The predicted octanol–water partition coefficient (Wildman–Crippen LogP) is 3.28. The lowest BCUT2D eigenvalue weighted by Gasteiger charge is -2.08. The van der Waals surface area contributed by atoms with Crippen LogP contribution in [0.2, 0.25) is 0 Å². The highest BCUT2D eigenvalue weighted by atomic mass is 35.5. The third-order valence-electron chi connectivity index (χ3n) is 2.07. The molecule has 0 radical (unpaired) electrons. The van der Waals surface area contributed by atoms with Crippen LogP contribution in [0.15, 0.2) is 18.2 Å². The van der Waals surface area contributed by atoms with Crippen molar-refractivity contribution >= 4 is 17.4 Å². The van der Waals surface area contributed by atoms with Crippen molar-refractivity contribution in [3.63, 3.8) is 0 Å². The van der Waals surface area contributed by atoms with E-state index >= 15 is 0 Å². The number of hydrogen-bond acceptors (Lipinski definition) is 1. The van der Waals surface area contributed by atoms with Gasteiger partial charge in [-0.25, -0.2) is 8.78 Å². The number of benzene rings is 1. The summed E-state index contributed by atoms with van der Waals surface area (Å²) in [5, 5.41) is 0. The quantitative estimate of drug-likeness (QED) is 0.728. The van der Waals surface area contributed by atoms with Crippen LogP contribution in [-0.4, -0.2) is 11.7 Å². The summed E-state index contributed by atoms with van der Waals surface area (Å²) >= 11 is 5.33.